The van der Waals surface area contributed by atoms with E-state index in [-0.39, 0.29) is 4.90 Å². The molecule has 3 aromatic rings. The van der Waals surface area contributed by atoms with Gasteiger partial charge in [0.1, 0.15) is 5.75 Å². The fraction of sp³-hybridized carbons (Fsp3) is 0.125. The summed E-state index contributed by atoms with van der Waals surface area (Å²) in [7, 11) is -2.10. The van der Waals surface area contributed by atoms with E-state index in [2.05, 4.69) is 0 Å². The van der Waals surface area contributed by atoms with Gasteiger partial charge in [0, 0.05) is 17.6 Å². The van der Waals surface area contributed by atoms with E-state index < -0.39 is 10.0 Å². The quantitative estimate of drug-likeness (QED) is 0.746. The molecule has 1 heterocycles. The number of methoxy groups -OCH3 is 1. The highest BCUT2D eigenvalue weighted by molar-refractivity contribution is 7.90. The highest BCUT2D eigenvalue weighted by atomic mass is 32.2. The van der Waals surface area contributed by atoms with Crippen LogP contribution in [0.15, 0.2) is 59.6 Å². The molecule has 0 unspecified atom stereocenters. The molecule has 0 saturated heterocycles. The Bertz CT molecular complexity index is 910. The number of fused-ring (bicyclic) bond motifs is 1. The lowest BCUT2D eigenvalue weighted by Gasteiger charge is -2.10. The van der Waals surface area contributed by atoms with Crippen LogP contribution in [0.3, 0.4) is 0 Å². The van der Waals surface area contributed by atoms with Crippen LogP contribution in [0.25, 0.3) is 10.9 Å². The molecule has 21 heavy (non-hydrogen) atoms. The molecule has 0 aliphatic heterocycles. The molecular weight excluding hydrogens is 286 g/mol. The highest BCUT2D eigenvalue weighted by Gasteiger charge is 2.19. The lowest BCUT2D eigenvalue weighted by Crippen LogP contribution is -2.12. The number of rotatable bonds is 3. The molecular formula is C16H15NO3S. The summed E-state index contributed by atoms with van der Waals surface area (Å²) in [5.41, 5.74) is 1.56. The first kappa shape index (κ1) is 13.7. The second-order valence-corrected chi connectivity index (χ2v) is 6.62. The number of hydrogen-bond donors (Lipinski definition) is 0. The van der Waals surface area contributed by atoms with E-state index in [9.17, 15) is 8.42 Å². The van der Waals surface area contributed by atoms with E-state index in [4.69, 9.17) is 4.74 Å². The van der Waals surface area contributed by atoms with Crippen LogP contribution in [0, 0.1) is 6.92 Å². The second-order valence-electron chi connectivity index (χ2n) is 4.81. The largest absolute Gasteiger partial charge is 0.496 e. The summed E-state index contributed by atoms with van der Waals surface area (Å²) in [5, 5.41) is 0.889. The van der Waals surface area contributed by atoms with Crippen molar-refractivity contribution in [1.29, 1.82) is 0 Å². The predicted molar refractivity (Wildman–Crippen MR) is 82.3 cm³/mol. The number of benzene rings is 2. The first-order valence-electron chi connectivity index (χ1n) is 6.50. The monoisotopic (exact) mass is 301 g/mol. The molecule has 2 aromatic carbocycles. The third-order valence-corrected chi connectivity index (χ3v) is 5.19. The van der Waals surface area contributed by atoms with Crippen molar-refractivity contribution in [3.8, 4) is 5.75 Å². The molecule has 3 rings (SSSR count). The Hall–Kier alpha value is -2.27. The van der Waals surface area contributed by atoms with Crippen molar-refractivity contribution in [2.24, 2.45) is 0 Å². The zero-order valence-corrected chi connectivity index (χ0v) is 12.6. The van der Waals surface area contributed by atoms with Crippen molar-refractivity contribution < 1.29 is 13.2 Å². The summed E-state index contributed by atoms with van der Waals surface area (Å²) < 4.78 is 32.1. The minimum atomic E-state index is -3.63. The summed E-state index contributed by atoms with van der Waals surface area (Å²) in [5.74, 6) is 0.563. The first-order valence-corrected chi connectivity index (χ1v) is 7.94. The molecule has 0 bridgehead atoms. The molecule has 0 fully saturated rings. The molecule has 0 spiro atoms. The van der Waals surface area contributed by atoms with Crippen molar-refractivity contribution in [3.05, 3.63) is 60.3 Å². The van der Waals surface area contributed by atoms with Crippen molar-refractivity contribution in [2.75, 3.05) is 7.11 Å². The van der Waals surface area contributed by atoms with Crippen LogP contribution in [-0.4, -0.2) is 19.5 Å². The number of ether oxygens (including phenoxy) is 1. The van der Waals surface area contributed by atoms with Crippen LogP contribution in [0.2, 0.25) is 0 Å². The molecule has 0 N–H and O–H groups in total. The van der Waals surface area contributed by atoms with Gasteiger partial charge < -0.3 is 4.74 Å². The van der Waals surface area contributed by atoms with Crippen LogP contribution in [-0.2, 0) is 10.0 Å². The van der Waals surface area contributed by atoms with E-state index in [1.54, 1.807) is 36.5 Å². The molecule has 0 amide bonds. The van der Waals surface area contributed by atoms with Crippen molar-refractivity contribution in [3.63, 3.8) is 0 Å². The lowest BCUT2D eigenvalue weighted by molar-refractivity contribution is 0.410. The van der Waals surface area contributed by atoms with Gasteiger partial charge in [-0.2, -0.15) is 0 Å². The van der Waals surface area contributed by atoms with Gasteiger partial charge in [0.05, 0.1) is 17.5 Å². The highest BCUT2D eigenvalue weighted by Crippen LogP contribution is 2.26. The molecule has 108 valence electrons. The number of hydrogen-bond acceptors (Lipinski definition) is 3. The van der Waals surface area contributed by atoms with Gasteiger partial charge in [0.25, 0.3) is 10.0 Å². The molecule has 5 heteroatoms. The SMILES string of the molecule is COc1cc(S(=O)(=O)n2ccc3ccccc32)ccc1C. The maximum Gasteiger partial charge on any atom is 0.268 e. The maximum atomic E-state index is 12.8. The average Bonchev–Trinajstić information content (AvgIpc) is 2.92. The summed E-state index contributed by atoms with van der Waals surface area (Å²) in [4.78, 5) is 0.214. The molecule has 0 saturated carbocycles. The van der Waals surface area contributed by atoms with E-state index in [1.165, 1.54) is 11.1 Å². The van der Waals surface area contributed by atoms with Gasteiger partial charge in [-0.25, -0.2) is 12.4 Å². The lowest BCUT2D eigenvalue weighted by atomic mass is 10.2. The normalized spacial score (nSPS) is 11.7. The maximum absolute atomic E-state index is 12.8. The fourth-order valence-electron chi connectivity index (χ4n) is 2.34. The summed E-state index contributed by atoms with van der Waals surface area (Å²) in [6.07, 6.45) is 1.58. The molecule has 0 atom stereocenters. The van der Waals surface area contributed by atoms with Crippen LogP contribution >= 0.6 is 0 Å². The Labute approximate surface area is 123 Å². The summed E-state index contributed by atoms with van der Waals surface area (Å²) in [6.45, 7) is 1.88. The van der Waals surface area contributed by atoms with Crippen LogP contribution in [0.4, 0.5) is 0 Å². The van der Waals surface area contributed by atoms with Crippen molar-refractivity contribution in [2.45, 2.75) is 11.8 Å². The minimum absolute atomic E-state index is 0.214. The fourth-order valence-corrected chi connectivity index (χ4v) is 3.71. The molecule has 0 radical (unpaired) electrons. The van der Waals surface area contributed by atoms with Gasteiger partial charge >= 0.3 is 0 Å². The Morgan fingerprint density at radius 3 is 2.57 bits per heavy atom. The Balaban J connectivity index is 2.21. The second kappa shape index (κ2) is 4.93. The number of aryl methyl sites for hydroxylation is 1. The van der Waals surface area contributed by atoms with Gasteiger partial charge in [-0.3, -0.25) is 0 Å². The summed E-state index contributed by atoms with van der Waals surface area (Å²) >= 11 is 0. The van der Waals surface area contributed by atoms with Crippen molar-refractivity contribution >= 4 is 20.9 Å². The minimum Gasteiger partial charge on any atom is -0.496 e. The number of aromatic nitrogens is 1. The topological polar surface area (TPSA) is 48.3 Å². The Morgan fingerprint density at radius 1 is 1.05 bits per heavy atom. The zero-order valence-electron chi connectivity index (χ0n) is 11.8. The van der Waals surface area contributed by atoms with Crippen molar-refractivity contribution in [1.82, 2.24) is 3.97 Å². The molecule has 4 nitrogen and oxygen atoms in total. The Kier molecular flexibility index (Phi) is 3.22. The zero-order chi connectivity index (χ0) is 15.0. The van der Waals surface area contributed by atoms with Gasteiger partial charge in [-0.05, 0) is 30.7 Å². The van der Waals surface area contributed by atoms with Crippen LogP contribution in [0.1, 0.15) is 5.56 Å². The smallest absolute Gasteiger partial charge is 0.268 e. The molecule has 0 aliphatic rings. The van der Waals surface area contributed by atoms with Gasteiger partial charge in [-0.1, -0.05) is 24.3 Å². The number of nitrogens with zero attached hydrogens (tertiary/aromatic N) is 1. The standard InChI is InChI=1S/C16H15NO3S/c1-12-7-8-14(11-16(12)20-2)21(18,19)17-10-9-13-5-3-4-6-15(13)17/h3-11H,1-2H3. The third kappa shape index (κ3) is 2.19. The van der Waals surface area contributed by atoms with Crippen LogP contribution < -0.4 is 4.74 Å². The average molecular weight is 301 g/mol. The third-order valence-electron chi connectivity index (χ3n) is 3.50. The van der Waals surface area contributed by atoms with E-state index in [0.29, 0.717) is 11.3 Å². The number of para-hydroxylation sites is 1. The van der Waals surface area contributed by atoms with Gasteiger partial charge in [0.15, 0.2) is 0 Å². The van der Waals surface area contributed by atoms with E-state index in [0.717, 1.165) is 10.9 Å². The van der Waals surface area contributed by atoms with Gasteiger partial charge in [-0.15, -0.1) is 0 Å². The Morgan fingerprint density at radius 2 is 1.81 bits per heavy atom. The predicted octanol–water partition coefficient (Wildman–Crippen LogP) is 3.20. The summed E-state index contributed by atoms with van der Waals surface area (Å²) in [6, 6.07) is 14.1. The molecule has 1 aromatic heterocycles. The van der Waals surface area contributed by atoms with E-state index in [1.807, 2.05) is 25.1 Å². The van der Waals surface area contributed by atoms with Crippen LogP contribution in [0.5, 0.6) is 5.75 Å². The first-order chi connectivity index (χ1) is 10.0. The van der Waals surface area contributed by atoms with Gasteiger partial charge in [0.2, 0.25) is 0 Å². The van der Waals surface area contributed by atoms with E-state index >= 15 is 0 Å². The molecule has 0 aliphatic carbocycles.